The molecule has 102 valence electrons. The van der Waals surface area contributed by atoms with E-state index in [0.717, 1.165) is 36.4 Å². The standard InChI is InChI=1S/C13H24N4S/c1-5-8-9-17(7-3)12-10-11(14-6-2)15-13(16-12)18-4/h10H,5-9H2,1-4H3,(H,14,15,16). The zero-order valence-electron chi connectivity index (χ0n) is 11.9. The van der Waals surface area contributed by atoms with Crippen molar-refractivity contribution in [2.75, 3.05) is 36.1 Å². The van der Waals surface area contributed by atoms with Gasteiger partial charge in [0.2, 0.25) is 0 Å². The number of rotatable bonds is 8. The molecule has 1 heterocycles. The van der Waals surface area contributed by atoms with Crippen LogP contribution in [0.2, 0.25) is 0 Å². The van der Waals surface area contributed by atoms with Gasteiger partial charge >= 0.3 is 0 Å². The molecule has 0 spiro atoms. The molecule has 0 radical (unpaired) electrons. The van der Waals surface area contributed by atoms with Gasteiger partial charge in [-0.05, 0) is 26.5 Å². The Morgan fingerprint density at radius 1 is 1.28 bits per heavy atom. The van der Waals surface area contributed by atoms with E-state index in [0.29, 0.717) is 0 Å². The number of anilines is 2. The minimum atomic E-state index is 0.832. The Hall–Kier alpha value is -0.970. The molecule has 4 nitrogen and oxygen atoms in total. The van der Waals surface area contributed by atoms with Crippen molar-refractivity contribution >= 4 is 23.4 Å². The third kappa shape index (κ3) is 4.37. The van der Waals surface area contributed by atoms with E-state index in [2.05, 4.69) is 41.0 Å². The smallest absolute Gasteiger partial charge is 0.191 e. The fraction of sp³-hybridized carbons (Fsp3) is 0.692. The predicted molar refractivity (Wildman–Crippen MR) is 80.8 cm³/mol. The van der Waals surface area contributed by atoms with E-state index in [9.17, 15) is 0 Å². The molecule has 0 amide bonds. The molecule has 1 N–H and O–H groups in total. The van der Waals surface area contributed by atoms with Gasteiger partial charge in [0.25, 0.3) is 0 Å². The van der Waals surface area contributed by atoms with Gasteiger partial charge < -0.3 is 10.2 Å². The predicted octanol–water partition coefficient (Wildman–Crippen LogP) is 3.26. The van der Waals surface area contributed by atoms with Crippen LogP contribution in [0.3, 0.4) is 0 Å². The molecule has 0 saturated heterocycles. The minimum Gasteiger partial charge on any atom is -0.370 e. The fourth-order valence-corrected chi connectivity index (χ4v) is 2.10. The van der Waals surface area contributed by atoms with E-state index in [1.807, 2.05) is 12.3 Å². The number of nitrogens with zero attached hydrogens (tertiary/aromatic N) is 3. The Morgan fingerprint density at radius 2 is 2.06 bits per heavy atom. The summed E-state index contributed by atoms with van der Waals surface area (Å²) in [5.41, 5.74) is 0. The van der Waals surface area contributed by atoms with Crippen molar-refractivity contribution in [1.82, 2.24) is 9.97 Å². The summed E-state index contributed by atoms with van der Waals surface area (Å²) in [6.45, 7) is 9.38. The number of unbranched alkanes of at least 4 members (excludes halogenated alkanes) is 1. The summed E-state index contributed by atoms with van der Waals surface area (Å²) in [6.07, 6.45) is 4.41. The molecule has 0 aliphatic rings. The number of thioether (sulfide) groups is 1. The molecule has 1 aromatic rings. The number of nitrogens with one attached hydrogen (secondary N) is 1. The van der Waals surface area contributed by atoms with Gasteiger partial charge in [0.05, 0.1) is 0 Å². The van der Waals surface area contributed by atoms with Gasteiger partial charge in [-0.3, -0.25) is 0 Å². The molecular formula is C13H24N4S. The van der Waals surface area contributed by atoms with Crippen LogP contribution in [0.4, 0.5) is 11.6 Å². The Balaban J connectivity index is 2.93. The van der Waals surface area contributed by atoms with E-state index in [-0.39, 0.29) is 0 Å². The first-order chi connectivity index (χ1) is 8.74. The highest BCUT2D eigenvalue weighted by molar-refractivity contribution is 7.98. The molecule has 1 rings (SSSR count). The van der Waals surface area contributed by atoms with Crippen molar-refractivity contribution in [3.63, 3.8) is 0 Å². The largest absolute Gasteiger partial charge is 0.370 e. The van der Waals surface area contributed by atoms with Crippen LogP contribution in [-0.2, 0) is 0 Å². The first-order valence-electron chi connectivity index (χ1n) is 6.67. The van der Waals surface area contributed by atoms with Gasteiger partial charge in [0.1, 0.15) is 11.6 Å². The van der Waals surface area contributed by atoms with E-state index in [1.165, 1.54) is 12.8 Å². The van der Waals surface area contributed by atoms with E-state index >= 15 is 0 Å². The minimum absolute atomic E-state index is 0.832. The molecular weight excluding hydrogens is 244 g/mol. The van der Waals surface area contributed by atoms with Crippen LogP contribution in [0, 0.1) is 0 Å². The Kier molecular flexibility index (Phi) is 6.86. The summed E-state index contributed by atoms with van der Waals surface area (Å²) >= 11 is 1.59. The molecule has 5 heteroatoms. The van der Waals surface area contributed by atoms with Crippen molar-refractivity contribution < 1.29 is 0 Å². The van der Waals surface area contributed by atoms with Crippen LogP contribution in [0.25, 0.3) is 0 Å². The molecule has 0 aromatic carbocycles. The zero-order chi connectivity index (χ0) is 13.4. The van der Waals surface area contributed by atoms with Gasteiger partial charge in [-0.15, -0.1) is 0 Å². The Labute approximate surface area is 115 Å². The number of hydrogen-bond acceptors (Lipinski definition) is 5. The summed E-state index contributed by atoms with van der Waals surface area (Å²) in [6, 6.07) is 2.04. The van der Waals surface area contributed by atoms with Gasteiger partial charge in [0, 0.05) is 25.7 Å². The monoisotopic (exact) mass is 268 g/mol. The van der Waals surface area contributed by atoms with Crippen LogP contribution in [0.5, 0.6) is 0 Å². The molecule has 0 unspecified atom stereocenters. The summed E-state index contributed by atoms with van der Waals surface area (Å²) in [5.74, 6) is 1.95. The second-order valence-electron chi connectivity index (χ2n) is 4.06. The van der Waals surface area contributed by atoms with Crippen LogP contribution < -0.4 is 10.2 Å². The van der Waals surface area contributed by atoms with Crippen molar-refractivity contribution in [3.8, 4) is 0 Å². The normalized spacial score (nSPS) is 10.4. The van der Waals surface area contributed by atoms with E-state index in [1.54, 1.807) is 11.8 Å². The molecule has 0 fully saturated rings. The van der Waals surface area contributed by atoms with Crippen molar-refractivity contribution in [2.24, 2.45) is 0 Å². The lowest BCUT2D eigenvalue weighted by molar-refractivity contribution is 0.717. The highest BCUT2D eigenvalue weighted by atomic mass is 32.2. The highest BCUT2D eigenvalue weighted by Gasteiger charge is 2.09. The average Bonchev–Trinajstić information content (AvgIpc) is 2.39. The maximum absolute atomic E-state index is 4.60. The summed E-state index contributed by atoms with van der Waals surface area (Å²) in [4.78, 5) is 11.4. The first kappa shape index (κ1) is 15.1. The summed E-state index contributed by atoms with van der Waals surface area (Å²) < 4.78 is 0. The fourth-order valence-electron chi connectivity index (χ4n) is 1.72. The lowest BCUT2D eigenvalue weighted by Crippen LogP contribution is -2.25. The lowest BCUT2D eigenvalue weighted by atomic mass is 10.3. The van der Waals surface area contributed by atoms with Crippen LogP contribution in [-0.4, -0.2) is 35.9 Å². The number of hydrogen-bond donors (Lipinski definition) is 1. The number of aromatic nitrogens is 2. The van der Waals surface area contributed by atoms with Crippen LogP contribution >= 0.6 is 11.8 Å². The quantitative estimate of drug-likeness (QED) is 0.579. The average molecular weight is 268 g/mol. The summed E-state index contributed by atoms with van der Waals surface area (Å²) in [7, 11) is 0. The maximum Gasteiger partial charge on any atom is 0.191 e. The van der Waals surface area contributed by atoms with Gasteiger partial charge in [-0.1, -0.05) is 25.1 Å². The van der Waals surface area contributed by atoms with Crippen LogP contribution in [0.15, 0.2) is 11.2 Å². The third-order valence-corrected chi connectivity index (χ3v) is 3.27. The summed E-state index contributed by atoms with van der Waals surface area (Å²) in [5, 5.41) is 4.10. The highest BCUT2D eigenvalue weighted by Crippen LogP contribution is 2.20. The topological polar surface area (TPSA) is 41.0 Å². The second kappa shape index (κ2) is 8.19. The Bertz CT molecular complexity index is 357. The molecule has 18 heavy (non-hydrogen) atoms. The lowest BCUT2D eigenvalue weighted by Gasteiger charge is -2.22. The van der Waals surface area contributed by atoms with Crippen molar-refractivity contribution in [1.29, 1.82) is 0 Å². The second-order valence-corrected chi connectivity index (χ2v) is 4.84. The maximum atomic E-state index is 4.60. The molecule has 0 atom stereocenters. The van der Waals surface area contributed by atoms with E-state index in [4.69, 9.17) is 0 Å². The van der Waals surface area contributed by atoms with Gasteiger partial charge in [-0.25, -0.2) is 9.97 Å². The van der Waals surface area contributed by atoms with Gasteiger partial charge in [0.15, 0.2) is 5.16 Å². The molecule has 0 aliphatic carbocycles. The zero-order valence-corrected chi connectivity index (χ0v) is 12.7. The molecule has 0 bridgehead atoms. The van der Waals surface area contributed by atoms with E-state index < -0.39 is 0 Å². The Morgan fingerprint density at radius 3 is 2.61 bits per heavy atom. The molecule has 0 aliphatic heterocycles. The van der Waals surface area contributed by atoms with Crippen molar-refractivity contribution in [3.05, 3.63) is 6.07 Å². The SMILES string of the molecule is CCCCN(CC)c1cc(NCC)nc(SC)n1. The van der Waals surface area contributed by atoms with Crippen LogP contribution in [0.1, 0.15) is 33.6 Å². The molecule has 0 saturated carbocycles. The van der Waals surface area contributed by atoms with Gasteiger partial charge in [-0.2, -0.15) is 0 Å². The molecule has 1 aromatic heterocycles. The first-order valence-corrected chi connectivity index (χ1v) is 7.89. The van der Waals surface area contributed by atoms with Crippen molar-refractivity contribution in [2.45, 2.75) is 38.8 Å². The third-order valence-electron chi connectivity index (χ3n) is 2.72.